The number of Topliss-reactive ketones (excluding diaryl/α,β-unsaturated/α-hetero) is 2. The zero-order valence-electron chi connectivity index (χ0n) is 18.4. The lowest BCUT2D eigenvalue weighted by atomic mass is 9.98. The van der Waals surface area contributed by atoms with Crippen molar-refractivity contribution in [3.63, 3.8) is 0 Å². The van der Waals surface area contributed by atoms with Crippen molar-refractivity contribution in [3.8, 4) is 0 Å². The molecule has 3 aromatic rings. The molecular formula is C24H19ClN2O7. The molecule has 0 bridgehead atoms. The maximum Gasteiger partial charge on any atom is 0.339 e. The van der Waals surface area contributed by atoms with Gasteiger partial charge in [0.05, 0.1) is 16.2 Å². The Kier molecular flexibility index (Phi) is 7.07. The van der Waals surface area contributed by atoms with Crippen LogP contribution in [0.3, 0.4) is 0 Å². The molecule has 0 saturated heterocycles. The first-order chi connectivity index (χ1) is 16.0. The fourth-order valence-corrected chi connectivity index (χ4v) is 3.83. The zero-order chi connectivity index (χ0) is 25.2. The van der Waals surface area contributed by atoms with Crippen LogP contribution in [0.5, 0.6) is 0 Å². The molecule has 9 nitrogen and oxygen atoms in total. The van der Waals surface area contributed by atoms with Gasteiger partial charge in [-0.1, -0.05) is 29.8 Å². The first-order valence-electron chi connectivity index (χ1n) is 10.0. The normalized spacial score (nSPS) is 10.6. The highest BCUT2D eigenvalue weighted by Crippen LogP contribution is 2.27. The number of H-pyrrole nitrogens is 1. The standard InChI is InChI=1S/C24H19ClN2O7/c1-12-21(14(3)28)13(2)26-22(12)20(29)11-34-24(31)17-7-5-4-6-16(17)23(30)15-8-9-18(25)19(10-15)27(32)33/h4-10,26H,11H2,1-3H3. The summed E-state index contributed by atoms with van der Waals surface area (Å²) in [4.78, 5) is 63.3. The average molecular weight is 483 g/mol. The molecule has 0 aliphatic heterocycles. The Morgan fingerprint density at radius 2 is 1.71 bits per heavy atom. The smallest absolute Gasteiger partial charge is 0.339 e. The number of hydrogen-bond donors (Lipinski definition) is 1. The summed E-state index contributed by atoms with van der Waals surface area (Å²) in [6.45, 7) is 4.05. The number of ketones is 3. The summed E-state index contributed by atoms with van der Waals surface area (Å²) in [5, 5.41) is 11.0. The third kappa shape index (κ3) is 4.79. The number of rotatable bonds is 8. The minimum atomic E-state index is -0.923. The summed E-state index contributed by atoms with van der Waals surface area (Å²) >= 11 is 5.80. The maximum atomic E-state index is 13.0. The van der Waals surface area contributed by atoms with Crippen molar-refractivity contribution in [2.24, 2.45) is 0 Å². The van der Waals surface area contributed by atoms with Crippen LogP contribution in [0.4, 0.5) is 5.69 Å². The van der Waals surface area contributed by atoms with E-state index >= 15 is 0 Å². The number of esters is 1. The number of carbonyl (C=O) groups excluding carboxylic acids is 4. The Morgan fingerprint density at radius 3 is 2.29 bits per heavy atom. The second-order valence-electron chi connectivity index (χ2n) is 7.48. The van der Waals surface area contributed by atoms with E-state index in [-0.39, 0.29) is 33.2 Å². The van der Waals surface area contributed by atoms with Gasteiger partial charge < -0.3 is 9.72 Å². The molecule has 0 fully saturated rings. The number of nitro benzene ring substituents is 1. The van der Waals surface area contributed by atoms with Gasteiger partial charge in [-0.3, -0.25) is 24.5 Å². The fourth-order valence-electron chi connectivity index (χ4n) is 3.65. The Bertz CT molecular complexity index is 1360. The third-order valence-electron chi connectivity index (χ3n) is 5.20. The van der Waals surface area contributed by atoms with Crippen molar-refractivity contribution in [2.75, 3.05) is 6.61 Å². The van der Waals surface area contributed by atoms with E-state index in [0.29, 0.717) is 16.8 Å². The van der Waals surface area contributed by atoms with E-state index in [1.165, 1.54) is 43.3 Å². The number of benzene rings is 2. The van der Waals surface area contributed by atoms with Crippen molar-refractivity contribution in [1.29, 1.82) is 0 Å². The lowest BCUT2D eigenvalue weighted by Crippen LogP contribution is -2.18. The molecule has 0 amide bonds. The Balaban J connectivity index is 1.83. The van der Waals surface area contributed by atoms with Gasteiger partial charge in [-0.05, 0) is 44.5 Å². The number of aromatic amines is 1. The Labute approximate surface area is 198 Å². The number of hydrogen-bond acceptors (Lipinski definition) is 7. The molecule has 2 aromatic carbocycles. The third-order valence-corrected chi connectivity index (χ3v) is 5.52. The number of nitrogens with one attached hydrogen (secondary N) is 1. The van der Waals surface area contributed by atoms with E-state index < -0.39 is 34.8 Å². The predicted molar refractivity (Wildman–Crippen MR) is 123 cm³/mol. The van der Waals surface area contributed by atoms with E-state index in [4.69, 9.17) is 16.3 Å². The first-order valence-corrected chi connectivity index (χ1v) is 10.4. The number of aromatic nitrogens is 1. The van der Waals surface area contributed by atoms with Gasteiger partial charge in [0.1, 0.15) is 5.02 Å². The quantitative estimate of drug-likeness (QED) is 0.213. The van der Waals surface area contributed by atoms with Crippen LogP contribution in [0.1, 0.15) is 65.3 Å². The van der Waals surface area contributed by atoms with Gasteiger partial charge in [-0.2, -0.15) is 0 Å². The van der Waals surface area contributed by atoms with Crippen molar-refractivity contribution in [2.45, 2.75) is 20.8 Å². The van der Waals surface area contributed by atoms with Crippen molar-refractivity contribution in [1.82, 2.24) is 4.98 Å². The first kappa shape index (κ1) is 24.5. The minimum absolute atomic E-state index is 0.0401. The van der Waals surface area contributed by atoms with Crippen LogP contribution in [0.25, 0.3) is 0 Å². The molecule has 0 radical (unpaired) electrons. The molecule has 10 heteroatoms. The Hall–Kier alpha value is -4.11. The lowest BCUT2D eigenvalue weighted by molar-refractivity contribution is -0.384. The van der Waals surface area contributed by atoms with Crippen LogP contribution in [0.2, 0.25) is 5.02 Å². The molecule has 0 aliphatic rings. The molecule has 0 unspecified atom stereocenters. The molecule has 174 valence electrons. The van der Waals surface area contributed by atoms with Gasteiger partial charge in [0.15, 0.2) is 18.2 Å². The monoisotopic (exact) mass is 482 g/mol. The molecule has 1 heterocycles. The topological polar surface area (TPSA) is 136 Å². The highest BCUT2D eigenvalue weighted by Gasteiger charge is 2.24. The fraction of sp³-hybridized carbons (Fsp3) is 0.167. The number of halogens is 1. The molecular weight excluding hydrogens is 464 g/mol. The summed E-state index contributed by atoms with van der Waals surface area (Å²) in [5.41, 5.74) is 0.917. The largest absolute Gasteiger partial charge is 0.454 e. The summed E-state index contributed by atoms with van der Waals surface area (Å²) < 4.78 is 5.14. The van der Waals surface area contributed by atoms with Gasteiger partial charge >= 0.3 is 5.97 Å². The van der Waals surface area contributed by atoms with Crippen LogP contribution in [0.15, 0.2) is 42.5 Å². The average Bonchev–Trinajstić information content (AvgIpc) is 3.10. The van der Waals surface area contributed by atoms with Gasteiger partial charge in [0.2, 0.25) is 5.78 Å². The zero-order valence-corrected chi connectivity index (χ0v) is 19.2. The van der Waals surface area contributed by atoms with Gasteiger partial charge in [0.25, 0.3) is 5.69 Å². The van der Waals surface area contributed by atoms with Crippen molar-refractivity contribution in [3.05, 3.63) is 96.8 Å². The number of carbonyl (C=O) groups is 4. The molecule has 0 spiro atoms. The molecule has 1 N–H and O–H groups in total. The predicted octanol–water partition coefficient (Wildman–Crippen LogP) is 4.67. The van der Waals surface area contributed by atoms with Crippen LogP contribution in [-0.4, -0.2) is 39.8 Å². The van der Waals surface area contributed by atoms with E-state index in [1.54, 1.807) is 13.8 Å². The number of aryl methyl sites for hydroxylation is 1. The summed E-state index contributed by atoms with van der Waals surface area (Å²) in [5.74, 6) is -2.31. The number of ether oxygens (including phenoxy) is 1. The highest BCUT2D eigenvalue weighted by atomic mass is 35.5. The number of nitro groups is 1. The van der Waals surface area contributed by atoms with Gasteiger partial charge in [-0.25, -0.2) is 4.79 Å². The molecule has 0 saturated carbocycles. The summed E-state index contributed by atoms with van der Waals surface area (Å²) in [6.07, 6.45) is 0. The van der Waals surface area contributed by atoms with E-state index in [0.717, 1.165) is 6.07 Å². The summed E-state index contributed by atoms with van der Waals surface area (Å²) in [7, 11) is 0. The minimum Gasteiger partial charge on any atom is -0.454 e. The van der Waals surface area contributed by atoms with Crippen molar-refractivity contribution < 1.29 is 28.8 Å². The molecule has 0 aliphatic carbocycles. The van der Waals surface area contributed by atoms with Crippen LogP contribution in [-0.2, 0) is 4.74 Å². The second-order valence-corrected chi connectivity index (χ2v) is 7.89. The molecule has 0 atom stereocenters. The van der Waals surface area contributed by atoms with Gasteiger partial charge in [0, 0.05) is 28.5 Å². The molecule has 3 rings (SSSR count). The maximum absolute atomic E-state index is 13.0. The van der Waals surface area contributed by atoms with Crippen molar-refractivity contribution >= 4 is 40.6 Å². The second kappa shape index (κ2) is 9.80. The highest BCUT2D eigenvalue weighted by molar-refractivity contribution is 6.33. The lowest BCUT2D eigenvalue weighted by Gasteiger charge is -2.09. The van der Waals surface area contributed by atoms with Crippen LogP contribution >= 0.6 is 11.6 Å². The summed E-state index contributed by atoms with van der Waals surface area (Å²) in [6, 6.07) is 9.32. The molecule has 34 heavy (non-hydrogen) atoms. The Morgan fingerprint density at radius 1 is 1.06 bits per heavy atom. The van der Waals surface area contributed by atoms with E-state index in [2.05, 4.69) is 4.98 Å². The number of nitrogens with zero attached hydrogens (tertiary/aromatic N) is 1. The van der Waals surface area contributed by atoms with E-state index in [1.807, 2.05) is 0 Å². The van der Waals surface area contributed by atoms with Gasteiger partial charge in [-0.15, -0.1) is 0 Å². The van der Waals surface area contributed by atoms with Crippen LogP contribution < -0.4 is 0 Å². The molecule has 1 aromatic heterocycles. The SMILES string of the molecule is CC(=O)c1c(C)[nH]c(C(=O)COC(=O)c2ccccc2C(=O)c2ccc(Cl)c([N+](=O)[O-])c2)c1C. The van der Waals surface area contributed by atoms with Crippen LogP contribution in [0, 0.1) is 24.0 Å². The van der Waals surface area contributed by atoms with E-state index in [9.17, 15) is 29.3 Å².